The molecule has 1 N–H and O–H groups in total. The fourth-order valence-corrected chi connectivity index (χ4v) is 5.18. The molecule has 2 aromatic carbocycles. The first kappa shape index (κ1) is 22.8. The van der Waals surface area contributed by atoms with Gasteiger partial charge in [-0.3, -0.25) is 4.79 Å². The van der Waals surface area contributed by atoms with Gasteiger partial charge >= 0.3 is 6.18 Å². The fraction of sp³-hybridized carbons (Fsp3) is 0.280. The number of rotatable bonds is 4. The number of amides is 1. The van der Waals surface area contributed by atoms with E-state index in [1.807, 2.05) is 0 Å². The number of carbonyl (C=O) groups excluding carboxylic acids is 1. The summed E-state index contributed by atoms with van der Waals surface area (Å²) in [6.07, 6.45) is -4.06. The molecule has 1 amide bonds. The molecule has 9 heteroatoms. The van der Waals surface area contributed by atoms with Crippen LogP contribution in [0.25, 0.3) is 11.1 Å². The van der Waals surface area contributed by atoms with E-state index >= 15 is 0 Å². The Morgan fingerprint density at radius 1 is 1.00 bits per heavy atom. The van der Waals surface area contributed by atoms with Gasteiger partial charge in [0.05, 0.1) is 23.1 Å². The lowest BCUT2D eigenvalue weighted by Gasteiger charge is -2.27. The highest BCUT2D eigenvalue weighted by Gasteiger charge is 2.53. The van der Waals surface area contributed by atoms with Crippen molar-refractivity contribution in [3.05, 3.63) is 82.9 Å². The number of ether oxygens (including phenoxy) is 1. The molecule has 0 radical (unpaired) electrons. The maximum Gasteiger partial charge on any atom is 0.433 e. The van der Waals surface area contributed by atoms with Gasteiger partial charge < -0.3 is 10.1 Å². The Kier molecular flexibility index (Phi) is 5.81. The molecule has 0 spiro atoms. The van der Waals surface area contributed by atoms with Crippen LogP contribution in [0.3, 0.4) is 0 Å². The zero-order valence-corrected chi connectivity index (χ0v) is 18.4. The van der Waals surface area contributed by atoms with Crippen molar-refractivity contribution in [3.63, 3.8) is 0 Å². The molecule has 2 bridgehead atoms. The SMILES string of the molecule is O=C(Nc1ccc(-c2ccccc2F)c(Cl)c1)[C@@H]1C(c2cccc(C(F)(F)F)n2)[C@@H]2CC[C@H]1O2. The second-order valence-corrected chi connectivity index (χ2v) is 8.86. The average molecular weight is 491 g/mol. The Hall–Kier alpha value is -2.97. The van der Waals surface area contributed by atoms with Gasteiger partial charge in [-0.2, -0.15) is 13.2 Å². The van der Waals surface area contributed by atoms with Gasteiger partial charge in [-0.25, -0.2) is 9.37 Å². The van der Waals surface area contributed by atoms with Gasteiger partial charge in [0.2, 0.25) is 5.91 Å². The summed E-state index contributed by atoms with van der Waals surface area (Å²) in [5.74, 6) is -2.09. The second-order valence-electron chi connectivity index (χ2n) is 8.45. The molecule has 5 rings (SSSR count). The lowest BCUT2D eigenvalue weighted by molar-refractivity contribution is -0.141. The van der Waals surface area contributed by atoms with Crippen molar-refractivity contribution in [2.45, 2.75) is 37.1 Å². The summed E-state index contributed by atoms with van der Waals surface area (Å²) >= 11 is 6.37. The van der Waals surface area contributed by atoms with E-state index in [2.05, 4.69) is 10.3 Å². The molecule has 0 aliphatic carbocycles. The molecule has 2 fully saturated rings. The third kappa shape index (κ3) is 4.16. The van der Waals surface area contributed by atoms with Crippen LogP contribution in [-0.4, -0.2) is 23.1 Å². The number of aromatic nitrogens is 1. The molecule has 0 saturated carbocycles. The number of nitrogens with one attached hydrogen (secondary N) is 1. The highest BCUT2D eigenvalue weighted by molar-refractivity contribution is 6.33. The number of nitrogens with zero attached hydrogens (tertiary/aromatic N) is 1. The summed E-state index contributed by atoms with van der Waals surface area (Å²) in [6.45, 7) is 0. The Morgan fingerprint density at radius 2 is 1.76 bits per heavy atom. The minimum absolute atomic E-state index is 0.190. The number of carbonyl (C=O) groups is 1. The molecular weight excluding hydrogens is 472 g/mol. The molecular formula is C25H19ClF4N2O2. The molecule has 2 aliphatic heterocycles. The molecule has 34 heavy (non-hydrogen) atoms. The summed E-state index contributed by atoms with van der Waals surface area (Å²) in [6, 6.07) is 14.7. The van der Waals surface area contributed by atoms with Crippen molar-refractivity contribution in [1.29, 1.82) is 0 Å². The first-order valence-corrected chi connectivity index (χ1v) is 11.1. The smallest absolute Gasteiger partial charge is 0.373 e. The molecule has 3 aromatic rings. The first-order valence-electron chi connectivity index (χ1n) is 10.8. The van der Waals surface area contributed by atoms with Crippen LogP contribution in [0.4, 0.5) is 23.2 Å². The van der Waals surface area contributed by atoms with Gasteiger partial charge in [0.15, 0.2) is 0 Å². The standard InChI is InChI=1S/C25H19ClF4N2O2/c26-16-12-13(8-9-14(16)15-4-1-2-5-17(15)27)31-24(33)23-20-11-10-19(34-20)22(23)18-6-3-7-21(32-18)25(28,29)30/h1-9,12,19-20,22-23H,10-11H2,(H,31,33)/t19-,20+,22?,23-/m0/s1. The second kappa shape index (κ2) is 8.67. The van der Waals surface area contributed by atoms with E-state index in [1.54, 1.807) is 30.3 Å². The van der Waals surface area contributed by atoms with Crippen LogP contribution in [0.2, 0.25) is 5.02 Å². The predicted octanol–water partition coefficient (Wildman–Crippen LogP) is 6.46. The summed E-state index contributed by atoms with van der Waals surface area (Å²) < 4.78 is 59.6. The maximum atomic E-state index is 14.1. The molecule has 1 aromatic heterocycles. The van der Waals surface area contributed by atoms with Gasteiger partial charge in [0, 0.05) is 28.4 Å². The predicted molar refractivity (Wildman–Crippen MR) is 119 cm³/mol. The Morgan fingerprint density at radius 3 is 2.50 bits per heavy atom. The third-order valence-corrected chi connectivity index (χ3v) is 6.69. The zero-order valence-electron chi connectivity index (χ0n) is 17.7. The highest BCUT2D eigenvalue weighted by Crippen LogP contribution is 2.49. The lowest BCUT2D eigenvalue weighted by Crippen LogP contribution is -2.36. The monoisotopic (exact) mass is 490 g/mol. The number of hydrogen-bond donors (Lipinski definition) is 1. The number of fused-ring (bicyclic) bond motifs is 2. The molecule has 176 valence electrons. The number of benzene rings is 2. The number of pyridine rings is 1. The van der Waals surface area contributed by atoms with E-state index in [9.17, 15) is 22.4 Å². The molecule has 2 saturated heterocycles. The molecule has 4 atom stereocenters. The number of alkyl halides is 3. The quantitative estimate of drug-likeness (QED) is 0.427. The summed E-state index contributed by atoms with van der Waals surface area (Å²) in [5, 5.41) is 3.05. The Labute approximate surface area is 197 Å². The van der Waals surface area contributed by atoms with Crippen LogP contribution in [0.5, 0.6) is 0 Å². The topological polar surface area (TPSA) is 51.2 Å². The Balaban J connectivity index is 1.40. The molecule has 1 unspecified atom stereocenters. The minimum Gasteiger partial charge on any atom is -0.373 e. The van der Waals surface area contributed by atoms with Crippen LogP contribution in [0.1, 0.15) is 30.1 Å². The lowest BCUT2D eigenvalue weighted by atomic mass is 9.76. The van der Waals surface area contributed by atoms with Crippen LogP contribution in [-0.2, 0) is 15.7 Å². The summed E-state index contributed by atoms with van der Waals surface area (Å²) in [5.41, 5.74) is 0.404. The van der Waals surface area contributed by atoms with Crippen molar-refractivity contribution >= 4 is 23.2 Å². The van der Waals surface area contributed by atoms with Crippen LogP contribution >= 0.6 is 11.6 Å². The third-order valence-electron chi connectivity index (χ3n) is 6.38. The normalized spacial score (nSPS) is 23.8. The van der Waals surface area contributed by atoms with Crippen molar-refractivity contribution in [1.82, 2.24) is 4.98 Å². The van der Waals surface area contributed by atoms with E-state index in [4.69, 9.17) is 16.3 Å². The minimum atomic E-state index is -4.58. The van der Waals surface area contributed by atoms with Gasteiger partial charge in [-0.05, 0) is 43.2 Å². The van der Waals surface area contributed by atoms with Crippen LogP contribution in [0, 0.1) is 11.7 Å². The first-order chi connectivity index (χ1) is 16.2. The van der Waals surface area contributed by atoms with E-state index < -0.39 is 35.6 Å². The van der Waals surface area contributed by atoms with Crippen molar-refractivity contribution < 1.29 is 27.1 Å². The highest BCUT2D eigenvalue weighted by atomic mass is 35.5. The largest absolute Gasteiger partial charge is 0.433 e. The van der Waals surface area contributed by atoms with Gasteiger partial charge in [0.1, 0.15) is 11.5 Å². The van der Waals surface area contributed by atoms with E-state index in [0.29, 0.717) is 29.7 Å². The van der Waals surface area contributed by atoms with Gasteiger partial charge in [0.25, 0.3) is 0 Å². The Bertz CT molecular complexity index is 1250. The van der Waals surface area contributed by atoms with Crippen LogP contribution < -0.4 is 5.32 Å². The number of halogens is 5. The average Bonchev–Trinajstić information content (AvgIpc) is 3.41. The summed E-state index contributed by atoms with van der Waals surface area (Å²) in [7, 11) is 0. The van der Waals surface area contributed by atoms with Crippen molar-refractivity contribution in [2.24, 2.45) is 5.92 Å². The fourth-order valence-electron chi connectivity index (χ4n) is 4.90. The van der Waals surface area contributed by atoms with Gasteiger partial charge in [-0.1, -0.05) is 41.9 Å². The van der Waals surface area contributed by atoms with Crippen molar-refractivity contribution in [2.75, 3.05) is 5.32 Å². The number of anilines is 1. The summed E-state index contributed by atoms with van der Waals surface area (Å²) in [4.78, 5) is 17.1. The molecule has 3 heterocycles. The van der Waals surface area contributed by atoms with Crippen molar-refractivity contribution in [3.8, 4) is 11.1 Å². The van der Waals surface area contributed by atoms with Gasteiger partial charge in [-0.15, -0.1) is 0 Å². The number of hydrogen-bond acceptors (Lipinski definition) is 3. The molecule has 2 aliphatic rings. The maximum absolute atomic E-state index is 14.1. The van der Waals surface area contributed by atoms with E-state index in [1.165, 1.54) is 24.3 Å². The molecule has 4 nitrogen and oxygen atoms in total. The van der Waals surface area contributed by atoms with Crippen LogP contribution in [0.15, 0.2) is 60.7 Å². The van der Waals surface area contributed by atoms with E-state index in [-0.39, 0.29) is 22.7 Å². The van der Waals surface area contributed by atoms with E-state index in [0.717, 1.165) is 6.07 Å². The zero-order chi connectivity index (χ0) is 24.0.